The van der Waals surface area contributed by atoms with E-state index >= 15 is 0 Å². The van der Waals surface area contributed by atoms with Crippen molar-refractivity contribution in [3.05, 3.63) is 52.0 Å². The van der Waals surface area contributed by atoms with Crippen molar-refractivity contribution in [2.45, 2.75) is 96.6 Å². The lowest BCUT2D eigenvalue weighted by Crippen LogP contribution is -2.46. The molecule has 1 N–H and O–H groups in total. The van der Waals surface area contributed by atoms with Crippen LogP contribution in [0.25, 0.3) is 0 Å². The van der Waals surface area contributed by atoms with E-state index in [1.807, 2.05) is 36.4 Å². The number of hydrogen-bond acceptors (Lipinski definition) is 6. The lowest BCUT2D eigenvalue weighted by molar-refractivity contribution is -0.121. The van der Waals surface area contributed by atoms with Gasteiger partial charge < -0.3 is 19.5 Å². The van der Waals surface area contributed by atoms with E-state index in [1.54, 1.807) is 4.90 Å². The van der Waals surface area contributed by atoms with Crippen molar-refractivity contribution in [3.8, 4) is 5.75 Å². The van der Waals surface area contributed by atoms with E-state index in [0.717, 1.165) is 76.1 Å². The summed E-state index contributed by atoms with van der Waals surface area (Å²) in [6.45, 7) is 7.54. The maximum absolute atomic E-state index is 13.1. The molecule has 4 rings (SSSR count). The topological polar surface area (TPSA) is 82.5 Å². The van der Waals surface area contributed by atoms with Gasteiger partial charge in [-0.3, -0.25) is 14.6 Å². The maximum atomic E-state index is 13.1. The van der Waals surface area contributed by atoms with Crippen LogP contribution < -0.4 is 14.5 Å². The Bertz CT molecular complexity index is 1240. The molecule has 0 aliphatic carbocycles. The van der Waals surface area contributed by atoms with Crippen LogP contribution in [0.4, 0.5) is 16.2 Å². The summed E-state index contributed by atoms with van der Waals surface area (Å²) >= 11 is 12.6. The number of piperazine rings is 1. The number of carbonyl (C=O) groups excluding carboxylic acids is 1. The van der Waals surface area contributed by atoms with Crippen LogP contribution >= 0.6 is 23.2 Å². The van der Waals surface area contributed by atoms with Crippen LogP contribution in [0, 0.1) is 0 Å². The number of halogens is 2. The summed E-state index contributed by atoms with van der Waals surface area (Å²) < 4.78 is 11.4. The van der Waals surface area contributed by atoms with Crippen LogP contribution in [-0.2, 0) is 16.0 Å². The number of aryl methyl sites for hydroxylation is 1. The number of amides is 1. The minimum atomic E-state index is -1.36. The largest absolute Gasteiger partial charge is 0.507 e. The van der Waals surface area contributed by atoms with Gasteiger partial charge in [-0.2, -0.15) is 0 Å². The van der Waals surface area contributed by atoms with E-state index < -0.39 is 12.4 Å². The zero-order valence-electron chi connectivity index (χ0n) is 26.7. The lowest BCUT2D eigenvalue weighted by Gasteiger charge is -2.36. The molecule has 1 atom stereocenters. The highest BCUT2D eigenvalue weighted by Crippen LogP contribution is 2.35. The van der Waals surface area contributed by atoms with Gasteiger partial charge in [0.1, 0.15) is 5.75 Å². The SMILES string of the molecule is CCCCCCCCCCC(OC(=O)O)N1C(=O)CCc2ccc(OCCCCN3CCN(c4cccc(Cl)c4Cl)CC3)cc21. The van der Waals surface area contributed by atoms with Gasteiger partial charge in [0.2, 0.25) is 5.91 Å². The number of carboxylic acid groups (broad SMARTS) is 1. The zero-order valence-corrected chi connectivity index (χ0v) is 28.2. The number of rotatable bonds is 18. The Hall–Kier alpha value is -2.68. The van der Waals surface area contributed by atoms with E-state index in [9.17, 15) is 14.7 Å². The minimum absolute atomic E-state index is 0.108. The summed E-state index contributed by atoms with van der Waals surface area (Å²) in [4.78, 5) is 31.0. The van der Waals surface area contributed by atoms with Crippen molar-refractivity contribution >= 4 is 46.6 Å². The van der Waals surface area contributed by atoms with Crippen LogP contribution in [0.2, 0.25) is 10.0 Å². The molecule has 45 heavy (non-hydrogen) atoms. The van der Waals surface area contributed by atoms with Crippen LogP contribution in [0.1, 0.15) is 89.5 Å². The molecule has 2 aliphatic rings. The van der Waals surface area contributed by atoms with Crippen molar-refractivity contribution in [1.29, 1.82) is 0 Å². The number of hydrogen-bond donors (Lipinski definition) is 1. The van der Waals surface area contributed by atoms with Crippen LogP contribution in [0.15, 0.2) is 36.4 Å². The first-order valence-corrected chi connectivity index (χ1v) is 17.5. The molecule has 8 nitrogen and oxygen atoms in total. The van der Waals surface area contributed by atoms with Gasteiger partial charge in [0.25, 0.3) is 0 Å². The smallest absolute Gasteiger partial charge is 0.494 e. The number of anilines is 2. The molecule has 10 heteroatoms. The molecule has 0 saturated carbocycles. The third-order valence-corrected chi connectivity index (χ3v) is 9.61. The third kappa shape index (κ3) is 10.7. The van der Waals surface area contributed by atoms with Gasteiger partial charge >= 0.3 is 6.16 Å². The number of ether oxygens (including phenoxy) is 2. The Labute approximate surface area is 278 Å². The molecular formula is C35H49Cl2N3O5. The zero-order chi connectivity index (χ0) is 32.0. The lowest BCUT2D eigenvalue weighted by atomic mass is 9.99. The number of fused-ring (bicyclic) bond motifs is 1. The first-order valence-electron chi connectivity index (χ1n) is 16.8. The molecule has 2 aromatic rings. The number of nitrogens with zero attached hydrogens (tertiary/aromatic N) is 3. The highest BCUT2D eigenvalue weighted by molar-refractivity contribution is 6.43. The third-order valence-electron chi connectivity index (χ3n) is 8.80. The van der Waals surface area contributed by atoms with E-state index in [2.05, 4.69) is 16.7 Å². The van der Waals surface area contributed by atoms with Crippen LogP contribution in [0.5, 0.6) is 5.75 Å². The maximum Gasteiger partial charge on any atom is 0.507 e. The van der Waals surface area contributed by atoms with E-state index in [0.29, 0.717) is 47.4 Å². The summed E-state index contributed by atoms with van der Waals surface area (Å²) in [5.74, 6) is 0.574. The molecule has 0 bridgehead atoms. The molecule has 248 valence electrons. The number of unbranched alkanes of at least 4 members (excludes halogenated alkanes) is 8. The second kappa shape index (κ2) is 18.5. The molecule has 0 aromatic heterocycles. The van der Waals surface area contributed by atoms with Crippen LogP contribution in [0.3, 0.4) is 0 Å². The fourth-order valence-electron chi connectivity index (χ4n) is 6.27. The first kappa shape index (κ1) is 35.2. The Morgan fingerprint density at radius 2 is 1.62 bits per heavy atom. The standard InChI is InChI=1S/C35H49Cl2N3O5/c1-2-3-4-5-6-7-8-9-15-33(45-35(42)43)40-31-26-28(18-16-27(31)17-19-32(40)41)44-25-11-10-20-38-21-23-39(24-22-38)30-14-12-13-29(36)34(30)37/h12-14,16,18,26,33H,2-11,15,17,19-25H2,1H3,(H,42,43). The molecule has 1 unspecified atom stereocenters. The fraction of sp³-hybridized carbons (Fsp3) is 0.600. The molecule has 0 spiro atoms. The first-order chi connectivity index (χ1) is 21.9. The van der Waals surface area contributed by atoms with Crippen molar-refractivity contribution in [2.24, 2.45) is 0 Å². The molecule has 1 saturated heterocycles. The Kier molecular flexibility index (Phi) is 14.4. The highest BCUT2D eigenvalue weighted by atomic mass is 35.5. The molecule has 0 radical (unpaired) electrons. The van der Waals surface area contributed by atoms with Crippen LogP contribution in [-0.4, -0.2) is 67.6 Å². The van der Waals surface area contributed by atoms with Crippen molar-refractivity contribution in [3.63, 3.8) is 0 Å². The predicted octanol–water partition coefficient (Wildman–Crippen LogP) is 8.81. The van der Waals surface area contributed by atoms with E-state index in [1.165, 1.54) is 32.1 Å². The molecule has 1 amide bonds. The monoisotopic (exact) mass is 661 g/mol. The second-order valence-corrected chi connectivity index (χ2v) is 12.9. The van der Waals surface area contributed by atoms with E-state index in [4.69, 9.17) is 32.7 Å². The van der Waals surface area contributed by atoms with Gasteiger partial charge in [-0.15, -0.1) is 0 Å². The molecule has 2 aliphatic heterocycles. The normalized spacial score (nSPS) is 16.0. The van der Waals surface area contributed by atoms with Gasteiger partial charge in [-0.1, -0.05) is 87.2 Å². The van der Waals surface area contributed by atoms with Gasteiger partial charge in [0.05, 0.1) is 28.0 Å². The minimum Gasteiger partial charge on any atom is -0.494 e. The summed E-state index contributed by atoms with van der Waals surface area (Å²) in [5, 5.41) is 10.7. The van der Waals surface area contributed by atoms with Gasteiger partial charge in [0, 0.05) is 45.1 Å². The average Bonchev–Trinajstić information content (AvgIpc) is 3.03. The average molecular weight is 663 g/mol. The molecule has 2 aromatic carbocycles. The molecule has 2 heterocycles. The van der Waals surface area contributed by atoms with Crippen molar-refractivity contribution < 1.29 is 24.2 Å². The quantitative estimate of drug-likeness (QED) is 0.126. The molecule has 1 fully saturated rings. The van der Waals surface area contributed by atoms with Crippen molar-refractivity contribution in [1.82, 2.24) is 4.90 Å². The number of carbonyl (C=O) groups is 2. The van der Waals surface area contributed by atoms with E-state index in [-0.39, 0.29) is 5.91 Å². The summed E-state index contributed by atoms with van der Waals surface area (Å²) in [6.07, 6.45) is 10.3. The number of benzene rings is 2. The summed E-state index contributed by atoms with van der Waals surface area (Å²) in [6, 6.07) is 11.6. The summed E-state index contributed by atoms with van der Waals surface area (Å²) in [5.41, 5.74) is 2.71. The summed E-state index contributed by atoms with van der Waals surface area (Å²) in [7, 11) is 0. The molecular weight excluding hydrogens is 613 g/mol. The Morgan fingerprint density at radius 3 is 2.36 bits per heavy atom. The fourth-order valence-corrected chi connectivity index (χ4v) is 6.68. The van der Waals surface area contributed by atoms with Gasteiger partial charge in [-0.25, -0.2) is 4.79 Å². The van der Waals surface area contributed by atoms with Gasteiger partial charge in [0.15, 0.2) is 6.23 Å². The predicted molar refractivity (Wildman–Crippen MR) is 182 cm³/mol. The van der Waals surface area contributed by atoms with Crippen molar-refractivity contribution in [2.75, 3.05) is 49.1 Å². The van der Waals surface area contributed by atoms with Gasteiger partial charge in [-0.05, 0) is 56.0 Å². The Balaban J connectivity index is 1.23. The second-order valence-electron chi connectivity index (χ2n) is 12.1. The highest BCUT2D eigenvalue weighted by Gasteiger charge is 2.33. The Morgan fingerprint density at radius 1 is 0.889 bits per heavy atom.